The summed E-state index contributed by atoms with van der Waals surface area (Å²) in [6.07, 6.45) is 0. The molecule has 0 spiro atoms. The van der Waals surface area contributed by atoms with Crippen molar-refractivity contribution >= 4 is 111 Å². The molecule has 0 unspecified atom stereocenters. The number of azo groups is 2. The second-order valence-corrected chi connectivity index (χ2v) is 19.1. The summed E-state index contributed by atoms with van der Waals surface area (Å²) < 4.78 is 183. The van der Waals surface area contributed by atoms with Gasteiger partial charge in [0.2, 0.25) is 20.8 Å². The van der Waals surface area contributed by atoms with Gasteiger partial charge in [-0.05, 0) is 29.7 Å². The average Bonchev–Trinajstić information content (AvgIpc) is 3.17. The first-order chi connectivity index (χ1) is 29.3. The standard InChI is InChI=1S/C32H28N5O10S3.Cu.4Na.2H2O4S.O3S/c1-5-48(40,41)19-8-9-20-18(15-19)7-12-25(32(20)50(44,45)46)35-37-30-21-10-14-24(31(39)22(21)11-13-23(30)33-3)34-36-26-16-28(47-4)29(17-27(26)38)49(42,43)6-2;;;;;;2*1-5(2,3)4;1-4(2)3/h7-13,15-17,33,38-39H,1-2,5-6H2,3-4H3,(H,44,45,46);;;;;;2*(H2,1,2,3,4);/q-3;;4*+1;;;/p-3. The van der Waals surface area contributed by atoms with E-state index in [1.54, 1.807) is 13.1 Å². The van der Waals surface area contributed by atoms with Gasteiger partial charge in [-0.15, -0.1) is 17.7 Å². The zero-order valence-electron chi connectivity index (χ0n) is 36.4. The van der Waals surface area contributed by atoms with Crippen LogP contribution >= 0.6 is 0 Å². The molecular formula is C32H29CuN5Na4O21S6-2. The Hall–Kier alpha value is -1.29. The molecule has 0 saturated heterocycles. The Bertz CT molecular complexity index is 3310. The fraction of sp³-hybridized carbons (Fsp3) is 0.125. The molecule has 5 N–H and O–H groups in total. The van der Waals surface area contributed by atoms with Gasteiger partial charge in [0.15, 0.2) is 19.7 Å². The maximum Gasteiger partial charge on any atom is 1.00 e. The number of nitrogens with zero attached hydrogens (tertiary/aromatic N) is 4. The third-order valence-corrected chi connectivity index (χ3v) is 11.5. The first-order valence-corrected chi connectivity index (χ1v) is 24.6. The van der Waals surface area contributed by atoms with Crippen molar-refractivity contribution in [2.24, 2.45) is 20.5 Å². The molecule has 0 heterocycles. The van der Waals surface area contributed by atoms with Gasteiger partial charge in [-0.2, -0.15) is 27.5 Å². The monoisotopic (exact) mass is 1170 g/mol. The maximum atomic E-state index is 12.4. The van der Waals surface area contributed by atoms with Gasteiger partial charge >= 0.3 is 129 Å². The van der Waals surface area contributed by atoms with Gasteiger partial charge in [-0.3, -0.25) is 9.11 Å². The molecule has 0 amide bonds. The molecular weight excluding hydrogens is 1140 g/mol. The molecule has 0 atom stereocenters. The molecule has 26 nitrogen and oxygen atoms in total. The fourth-order valence-corrected chi connectivity index (χ4v) is 7.54. The van der Waals surface area contributed by atoms with E-state index in [9.17, 15) is 40.0 Å². The Morgan fingerprint density at radius 1 is 0.696 bits per heavy atom. The normalized spacial score (nSPS) is 11.3. The molecule has 0 bridgehead atoms. The van der Waals surface area contributed by atoms with Gasteiger partial charge in [0, 0.05) is 58.8 Å². The van der Waals surface area contributed by atoms with Gasteiger partial charge in [0.1, 0.15) is 37.9 Å². The molecule has 0 saturated carbocycles. The number of rotatable bonds is 11. The maximum absolute atomic E-state index is 12.4. The van der Waals surface area contributed by atoms with E-state index in [1.807, 2.05) is 0 Å². The molecule has 361 valence electrons. The average molecular weight is 1170 g/mol. The van der Waals surface area contributed by atoms with Crippen molar-refractivity contribution in [2.45, 2.75) is 14.7 Å². The van der Waals surface area contributed by atoms with E-state index in [-0.39, 0.29) is 195 Å². The zero-order valence-corrected chi connectivity index (χ0v) is 50.2. The molecule has 1 radical (unpaired) electrons. The fourth-order valence-electron chi connectivity index (χ4n) is 4.94. The van der Waals surface area contributed by atoms with Crippen LogP contribution in [0.4, 0.5) is 28.4 Å². The topological polar surface area (TPSA) is 443 Å². The van der Waals surface area contributed by atoms with Crippen LogP contribution in [0.5, 0.6) is 17.2 Å². The van der Waals surface area contributed by atoms with E-state index in [0.29, 0.717) is 5.69 Å². The molecule has 0 aliphatic carbocycles. The van der Waals surface area contributed by atoms with Crippen LogP contribution in [0.25, 0.3) is 21.5 Å². The summed E-state index contributed by atoms with van der Waals surface area (Å²) in [5.74, 6) is -1.94. The Labute approximate surface area is 496 Å². The van der Waals surface area contributed by atoms with Gasteiger partial charge in [-0.25, -0.2) is 42.1 Å². The summed E-state index contributed by atoms with van der Waals surface area (Å²) in [6, 6.07) is 15.6. The summed E-state index contributed by atoms with van der Waals surface area (Å²) in [6.45, 7) is 6.78. The minimum absolute atomic E-state index is 0. The number of hydrogen-bond acceptors (Lipinski definition) is 24. The van der Waals surface area contributed by atoms with Gasteiger partial charge in [0.25, 0.3) is 0 Å². The summed E-state index contributed by atoms with van der Waals surface area (Å²) in [7, 11) is -22.8. The molecule has 5 aromatic rings. The van der Waals surface area contributed by atoms with E-state index in [1.165, 1.54) is 49.6 Å². The van der Waals surface area contributed by atoms with Crippen LogP contribution in [0.15, 0.2) is 95.8 Å². The van der Waals surface area contributed by atoms with E-state index in [0.717, 1.165) is 12.1 Å². The molecule has 0 aliphatic heterocycles. The van der Waals surface area contributed by atoms with Gasteiger partial charge in [0.05, 0.1) is 22.6 Å². The number of fused-ring (bicyclic) bond motifs is 2. The summed E-state index contributed by atoms with van der Waals surface area (Å²) in [5, 5.41) is 41.2. The number of methoxy groups -OCH3 is 1. The zero-order chi connectivity index (χ0) is 49.2. The second-order valence-electron chi connectivity index (χ2n) is 11.5. The number of nitrogens with one attached hydrogen (secondary N) is 1. The van der Waals surface area contributed by atoms with Crippen molar-refractivity contribution < 1.29 is 228 Å². The molecule has 0 aromatic heterocycles. The van der Waals surface area contributed by atoms with Crippen molar-refractivity contribution in [1.29, 1.82) is 0 Å². The van der Waals surface area contributed by atoms with Crippen molar-refractivity contribution in [3.63, 3.8) is 0 Å². The smallest absolute Gasteiger partial charge is 0.744 e. The first kappa shape index (κ1) is 74.2. The minimum Gasteiger partial charge on any atom is -0.744 e. The number of phenolic OH excluding ortho intramolecular Hbond substituents is 2. The van der Waals surface area contributed by atoms with Crippen molar-refractivity contribution in [3.8, 4) is 17.2 Å². The SMILES string of the molecule is O=S(=O)([O-])O.O=S(=O)([O-])O.O=S(=O)=O.[CH2-]CS(=O)(=O)c1ccc2c(S(=O)(=O)[O-])c(N=Nc3c(NC)ccc4c(O)c(N=Nc5cc(OC)c(S(=O)(=O)C[CH2-])cc5O)[c-]cc34)ccc2c1.[Cu].[Na+].[Na+].[Na+].[Na+]. The summed E-state index contributed by atoms with van der Waals surface area (Å²) in [4.78, 5) is -1.09. The third-order valence-electron chi connectivity index (χ3n) is 7.50. The Morgan fingerprint density at radius 2 is 1.19 bits per heavy atom. The first-order valence-electron chi connectivity index (χ1n) is 16.1. The number of hydrogen-bond donors (Lipinski definition) is 5. The Balaban J connectivity index is -0.000000979. The molecule has 0 fully saturated rings. The predicted molar refractivity (Wildman–Crippen MR) is 218 cm³/mol. The number of sulfone groups is 2. The summed E-state index contributed by atoms with van der Waals surface area (Å²) >= 11 is 0. The van der Waals surface area contributed by atoms with Crippen molar-refractivity contribution in [2.75, 3.05) is 31.0 Å². The van der Waals surface area contributed by atoms with Crippen LogP contribution in [0.2, 0.25) is 0 Å². The van der Waals surface area contributed by atoms with E-state index in [4.69, 9.17) is 52.4 Å². The van der Waals surface area contributed by atoms with Crippen LogP contribution in [0, 0.1) is 19.9 Å². The second kappa shape index (κ2) is 31.4. The minimum atomic E-state index is -5.15. The largest absolute Gasteiger partial charge is 1.00 e. The molecule has 5 aromatic carbocycles. The van der Waals surface area contributed by atoms with E-state index < -0.39 is 89.1 Å². The number of aromatic hydroxyl groups is 2. The van der Waals surface area contributed by atoms with E-state index in [2.05, 4.69) is 45.7 Å². The van der Waals surface area contributed by atoms with Crippen molar-refractivity contribution in [3.05, 3.63) is 80.6 Å². The molecule has 0 aliphatic rings. The number of phenols is 2. The molecule has 69 heavy (non-hydrogen) atoms. The van der Waals surface area contributed by atoms with Crippen LogP contribution < -0.4 is 128 Å². The predicted octanol–water partition coefficient (Wildman–Crippen LogP) is -8.78. The van der Waals surface area contributed by atoms with Crippen LogP contribution in [0.1, 0.15) is 0 Å². The van der Waals surface area contributed by atoms with Crippen LogP contribution in [-0.4, -0.2) is 113 Å². The number of ether oxygens (including phenoxy) is 1. The quantitative estimate of drug-likeness (QED) is 0.0269. The Morgan fingerprint density at radius 3 is 1.65 bits per heavy atom. The van der Waals surface area contributed by atoms with Crippen molar-refractivity contribution in [1.82, 2.24) is 0 Å². The van der Waals surface area contributed by atoms with Crippen LogP contribution in [-0.2, 0) is 78.3 Å². The van der Waals surface area contributed by atoms with E-state index >= 15 is 0 Å². The number of anilines is 1. The third kappa shape index (κ3) is 23.6. The number of benzene rings is 5. The summed E-state index contributed by atoms with van der Waals surface area (Å²) in [5.41, 5.74) is -0.136. The Kier molecular flexibility index (Phi) is 33.8. The molecule has 5 rings (SSSR count). The van der Waals surface area contributed by atoms with Gasteiger partial charge < -0.3 is 47.8 Å². The molecule has 37 heteroatoms. The van der Waals surface area contributed by atoms with Gasteiger partial charge in [-0.1, -0.05) is 40.5 Å². The van der Waals surface area contributed by atoms with Crippen LogP contribution in [0.3, 0.4) is 0 Å².